The molecule has 0 aromatic rings. The highest BCUT2D eigenvalue weighted by atomic mass is 16.4. The maximum absolute atomic E-state index is 12.3. The van der Waals surface area contributed by atoms with Crippen LogP contribution in [0.25, 0.3) is 0 Å². The molecule has 0 radical (unpaired) electrons. The van der Waals surface area contributed by atoms with Crippen molar-refractivity contribution < 1.29 is 39.0 Å². The summed E-state index contributed by atoms with van der Waals surface area (Å²) in [6.45, 7) is 0.282. The van der Waals surface area contributed by atoms with E-state index in [0.717, 1.165) is 6.92 Å². The Labute approximate surface area is 165 Å². The third kappa shape index (κ3) is 10.0. The second-order valence-electron chi connectivity index (χ2n) is 6.16. The van der Waals surface area contributed by atoms with Gasteiger partial charge in [-0.2, -0.15) is 0 Å². The molecule has 4 unspecified atom stereocenters. The molecule has 0 aromatic heterocycles. The van der Waals surface area contributed by atoms with E-state index in [1.165, 1.54) is 0 Å². The van der Waals surface area contributed by atoms with Gasteiger partial charge in [-0.15, -0.1) is 0 Å². The SMILES string of the molecule is CC(NC(=O)C(CC(N)=O)NC(=O)C(CO)NC(=O)C(N)CCC(N)=O)C(=O)O. The van der Waals surface area contributed by atoms with Crippen LogP contribution in [0.4, 0.5) is 0 Å². The quantitative estimate of drug-likeness (QED) is 0.142. The van der Waals surface area contributed by atoms with Crippen molar-refractivity contribution >= 4 is 35.5 Å². The van der Waals surface area contributed by atoms with E-state index in [2.05, 4.69) is 16.0 Å². The second kappa shape index (κ2) is 12.2. The maximum atomic E-state index is 12.3. The minimum atomic E-state index is -1.55. The zero-order chi connectivity index (χ0) is 22.7. The van der Waals surface area contributed by atoms with Crippen LogP contribution in [0.5, 0.6) is 0 Å². The number of hydrogen-bond donors (Lipinski definition) is 8. The Bertz CT molecular complexity index is 655. The number of aliphatic hydroxyl groups excluding tert-OH is 1. The molecular formula is C15H26N6O8. The number of aliphatic carboxylic acids is 1. The first-order chi connectivity index (χ1) is 13.4. The van der Waals surface area contributed by atoms with Crippen molar-refractivity contribution in [2.24, 2.45) is 17.2 Å². The Morgan fingerprint density at radius 1 is 0.862 bits per heavy atom. The third-order valence-electron chi connectivity index (χ3n) is 3.62. The smallest absolute Gasteiger partial charge is 0.325 e. The van der Waals surface area contributed by atoms with Crippen LogP contribution in [0.3, 0.4) is 0 Å². The lowest BCUT2D eigenvalue weighted by Crippen LogP contribution is -2.58. The van der Waals surface area contributed by atoms with Gasteiger partial charge in [0.2, 0.25) is 29.5 Å². The molecule has 29 heavy (non-hydrogen) atoms. The van der Waals surface area contributed by atoms with E-state index >= 15 is 0 Å². The molecule has 0 aromatic carbocycles. The lowest BCUT2D eigenvalue weighted by atomic mass is 10.1. The van der Waals surface area contributed by atoms with Crippen LogP contribution in [0.1, 0.15) is 26.2 Å². The van der Waals surface area contributed by atoms with E-state index < -0.39 is 72.7 Å². The molecule has 0 spiro atoms. The predicted molar refractivity (Wildman–Crippen MR) is 96.4 cm³/mol. The van der Waals surface area contributed by atoms with Gasteiger partial charge >= 0.3 is 5.97 Å². The molecule has 0 saturated carbocycles. The van der Waals surface area contributed by atoms with Gasteiger partial charge in [0.25, 0.3) is 0 Å². The Balaban J connectivity index is 5.07. The highest BCUT2D eigenvalue weighted by Gasteiger charge is 2.30. The molecule has 0 heterocycles. The Kier molecular flexibility index (Phi) is 10.9. The largest absolute Gasteiger partial charge is 0.480 e. The van der Waals surface area contributed by atoms with Gasteiger partial charge in [-0.25, -0.2) is 0 Å². The van der Waals surface area contributed by atoms with Gasteiger partial charge in [0.15, 0.2) is 0 Å². The number of nitrogens with one attached hydrogen (secondary N) is 3. The number of rotatable bonds is 13. The van der Waals surface area contributed by atoms with Gasteiger partial charge in [-0.05, 0) is 13.3 Å². The van der Waals surface area contributed by atoms with Gasteiger partial charge in [-0.1, -0.05) is 0 Å². The summed E-state index contributed by atoms with van der Waals surface area (Å²) in [7, 11) is 0. The molecule has 164 valence electrons. The molecule has 5 amide bonds. The van der Waals surface area contributed by atoms with Gasteiger partial charge < -0.3 is 43.4 Å². The number of carbonyl (C=O) groups is 6. The second-order valence-corrected chi connectivity index (χ2v) is 6.16. The summed E-state index contributed by atoms with van der Waals surface area (Å²) in [5.74, 6) is -5.92. The fraction of sp³-hybridized carbons (Fsp3) is 0.600. The highest BCUT2D eigenvalue weighted by Crippen LogP contribution is 1.98. The van der Waals surface area contributed by atoms with E-state index in [9.17, 15) is 33.9 Å². The molecule has 0 aliphatic heterocycles. The van der Waals surface area contributed by atoms with Crippen molar-refractivity contribution in [1.82, 2.24) is 16.0 Å². The maximum Gasteiger partial charge on any atom is 0.325 e. The minimum Gasteiger partial charge on any atom is -0.480 e. The number of amides is 5. The number of carboxylic acid groups (broad SMARTS) is 1. The average Bonchev–Trinajstić information content (AvgIpc) is 2.62. The fourth-order valence-corrected chi connectivity index (χ4v) is 1.96. The van der Waals surface area contributed by atoms with Crippen molar-refractivity contribution in [3.8, 4) is 0 Å². The van der Waals surface area contributed by atoms with Crippen molar-refractivity contribution in [2.75, 3.05) is 6.61 Å². The van der Waals surface area contributed by atoms with Crippen LogP contribution in [0.15, 0.2) is 0 Å². The molecule has 4 atom stereocenters. The summed E-state index contributed by atoms with van der Waals surface area (Å²) in [6, 6.07) is -5.59. The number of carboxylic acids is 1. The van der Waals surface area contributed by atoms with Gasteiger partial charge in [-0.3, -0.25) is 28.8 Å². The van der Waals surface area contributed by atoms with E-state index in [1.54, 1.807) is 0 Å². The molecule has 0 aliphatic rings. The van der Waals surface area contributed by atoms with E-state index in [-0.39, 0.29) is 12.8 Å². The number of hydrogen-bond acceptors (Lipinski definition) is 8. The molecule has 0 fully saturated rings. The first kappa shape index (κ1) is 25.7. The van der Waals surface area contributed by atoms with Crippen LogP contribution < -0.4 is 33.2 Å². The zero-order valence-electron chi connectivity index (χ0n) is 15.7. The molecule has 11 N–H and O–H groups in total. The predicted octanol–water partition coefficient (Wildman–Crippen LogP) is -4.99. The Morgan fingerprint density at radius 2 is 1.38 bits per heavy atom. The summed E-state index contributed by atoms with van der Waals surface area (Å²) in [5, 5.41) is 24.4. The summed E-state index contributed by atoms with van der Waals surface area (Å²) in [4.78, 5) is 69.0. The number of nitrogens with two attached hydrogens (primary N) is 3. The van der Waals surface area contributed by atoms with E-state index in [0.29, 0.717) is 0 Å². The lowest BCUT2D eigenvalue weighted by Gasteiger charge is -2.23. The molecule has 0 saturated heterocycles. The van der Waals surface area contributed by atoms with Crippen molar-refractivity contribution in [1.29, 1.82) is 0 Å². The number of aliphatic hydroxyl groups is 1. The van der Waals surface area contributed by atoms with E-state index in [4.69, 9.17) is 22.3 Å². The summed E-state index contributed by atoms with van der Waals surface area (Å²) in [5.41, 5.74) is 15.5. The number of primary amides is 2. The molecular weight excluding hydrogens is 392 g/mol. The molecule has 14 heteroatoms. The minimum absolute atomic E-state index is 0.0965. The Hall–Kier alpha value is -3.26. The summed E-state index contributed by atoms with van der Waals surface area (Å²) >= 11 is 0. The molecule has 14 nitrogen and oxygen atoms in total. The molecule has 0 rings (SSSR count). The van der Waals surface area contributed by atoms with E-state index in [1.807, 2.05) is 0 Å². The van der Waals surface area contributed by atoms with Gasteiger partial charge in [0, 0.05) is 6.42 Å². The van der Waals surface area contributed by atoms with Crippen LogP contribution in [0, 0.1) is 0 Å². The standard InChI is InChI=1S/C15H26N6O8/c1-6(15(28)29)19-13(26)8(4-11(18)24)20-14(27)9(5-22)21-12(25)7(16)2-3-10(17)23/h6-9,22H,2-5,16H2,1H3,(H2,17,23)(H2,18,24)(H,19,26)(H,20,27)(H,21,25)(H,28,29). The lowest BCUT2D eigenvalue weighted by molar-refractivity contribution is -0.142. The first-order valence-electron chi connectivity index (χ1n) is 8.46. The average molecular weight is 418 g/mol. The van der Waals surface area contributed by atoms with Crippen LogP contribution >= 0.6 is 0 Å². The summed E-state index contributed by atoms with van der Waals surface area (Å²) in [6.07, 6.45) is -0.929. The topological polar surface area (TPSA) is 257 Å². The molecule has 0 aliphatic carbocycles. The van der Waals surface area contributed by atoms with Crippen LogP contribution in [-0.2, 0) is 28.8 Å². The van der Waals surface area contributed by atoms with Crippen LogP contribution in [-0.4, -0.2) is 76.5 Å². The first-order valence-corrected chi connectivity index (χ1v) is 8.46. The zero-order valence-corrected chi connectivity index (χ0v) is 15.7. The van der Waals surface area contributed by atoms with Gasteiger partial charge in [0.05, 0.1) is 19.1 Å². The third-order valence-corrected chi connectivity index (χ3v) is 3.62. The van der Waals surface area contributed by atoms with Crippen molar-refractivity contribution in [3.63, 3.8) is 0 Å². The highest BCUT2D eigenvalue weighted by molar-refractivity contribution is 5.96. The van der Waals surface area contributed by atoms with Gasteiger partial charge in [0.1, 0.15) is 18.1 Å². The monoisotopic (exact) mass is 418 g/mol. The Morgan fingerprint density at radius 3 is 1.83 bits per heavy atom. The fourth-order valence-electron chi connectivity index (χ4n) is 1.96. The van der Waals surface area contributed by atoms with Crippen molar-refractivity contribution in [2.45, 2.75) is 50.4 Å². The van der Waals surface area contributed by atoms with Crippen molar-refractivity contribution in [3.05, 3.63) is 0 Å². The number of carbonyl (C=O) groups excluding carboxylic acids is 5. The molecule has 0 bridgehead atoms. The normalized spacial score (nSPS) is 14.6. The van der Waals surface area contributed by atoms with Crippen LogP contribution in [0.2, 0.25) is 0 Å². The summed E-state index contributed by atoms with van der Waals surface area (Å²) < 4.78 is 0.